The molecule has 0 unspecified atom stereocenters. The molecular weight excluding hydrogens is 374 g/mol. The van der Waals surface area contributed by atoms with Crippen molar-refractivity contribution in [3.05, 3.63) is 65.7 Å². The minimum absolute atomic E-state index is 0.118. The van der Waals surface area contributed by atoms with E-state index < -0.39 is 0 Å². The summed E-state index contributed by atoms with van der Waals surface area (Å²) in [6, 6.07) is 18.7. The van der Waals surface area contributed by atoms with Gasteiger partial charge >= 0.3 is 0 Å². The molecule has 0 saturated carbocycles. The summed E-state index contributed by atoms with van der Waals surface area (Å²) in [6.45, 7) is 8.20. The van der Waals surface area contributed by atoms with Crippen molar-refractivity contribution in [2.75, 3.05) is 20.3 Å². The van der Waals surface area contributed by atoms with Crippen LogP contribution in [0.4, 0.5) is 0 Å². The summed E-state index contributed by atoms with van der Waals surface area (Å²) in [6.07, 6.45) is 4.03. The van der Waals surface area contributed by atoms with Crippen molar-refractivity contribution in [3.8, 4) is 5.75 Å². The summed E-state index contributed by atoms with van der Waals surface area (Å²) in [5.41, 5.74) is 2.48. The smallest absolute Gasteiger partial charge is 0.219 e. The summed E-state index contributed by atoms with van der Waals surface area (Å²) in [7, 11) is 1.67. The van der Waals surface area contributed by atoms with E-state index in [1.165, 1.54) is 5.56 Å². The fourth-order valence-electron chi connectivity index (χ4n) is 4.74. The first kappa shape index (κ1) is 22.4. The van der Waals surface area contributed by atoms with Gasteiger partial charge in [-0.05, 0) is 68.2 Å². The highest BCUT2D eigenvalue weighted by molar-refractivity contribution is 5.73. The number of rotatable bonds is 8. The third-order valence-electron chi connectivity index (χ3n) is 6.24. The van der Waals surface area contributed by atoms with Crippen LogP contribution in [0.3, 0.4) is 0 Å². The molecular formula is C26H35NO3. The molecule has 162 valence electrons. The Morgan fingerprint density at radius 2 is 1.77 bits per heavy atom. The standard InChI is InChI=1S/C26H35NO3/c1-21(28)27(19-23-10-12-24(29-4)13-11-23)16-14-26(15-17-30-25(2,3)20-26)18-22-8-6-5-7-9-22/h5-13H,14-20H2,1-4H3/t26-/m1/s1. The van der Waals surface area contributed by atoms with Crippen molar-refractivity contribution < 1.29 is 14.3 Å². The highest BCUT2D eigenvalue weighted by Crippen LogP contribution is 2.44. The second kappa shape index (κ2) is 9.65. The van der Waals surface area contributed by atoms with E-state index in [1.807, 2.05) is 29.2 Å². The summed E-state index contributed by atoms with van der Waals surface area (Å²) < 4.78 is 11.3. The van der Waals surface area contributed by atoms with Gasteiger partial charge in [-0.1, -0.05) is 42.5 Å². The molecule has 1 saturated heterocycles. The van der Waals surface area contributed by atoms with Crippen LogP contribution in [0.2, 0.25) is 0 Å². The molecule has 4 heteroatoms. The number of nitrogens with zero attached hydrogens (tertiary/aromatic N) is 1. The van der Waals surface area contributed by atoms with Crippen LogP contribution >= 0.6 is 0 Å². The Kier molecular flexibility index (Phi) is 7.19. The van der Waals surface area contributed by atoms with E-state index in [0.29, 0.717) is 6.54 Å². The summed E-state index contributed by atoms with van der Waals surface area (Å²) in [4.78, 5) is 14.4. The van der Waals surface area contributed by atoms with Crippen molar-refractivity contribution in [2.45, 2.75) is 58.6 Å². The van der Waals surface area contributed by atoms with E-state index in [2.05, 4.69) is 44.2 Å². The molecule has 4 nitrogen and oxygen atoms in total. The number of amides is 1. The van der Waals surface area contributed by atoms with Gasteiger partial charge in [0, 0.05) is 26.6 Å². The maximum atomic E-state index is 12.4. The molecule has 1 atom stereocenters. The van der Waals surface area contributed by atoms with Crippen molar-refractivity contribution in [3.63, 3.8) is 0 Å². The molecule has 3 rings (SSSR count). The molecule has 1 amide bonds. The van der Waals surface area contributed by atoms with Crippen LogP contribution in [0.5, 0.6) is 5.75 Å². The monoisotopic (exact) mass is 409 g/mol. The number of hydrogen-bond donors (Lipinski definition) is 0. The van der Waals surface area contributed by atoms with E-state index in [1.54, 1.807) is 14.0 Å². The summed E-state index contributed by atoms with van der Waals surface area (Å²) in [5.74, 6) is 0.950. The molecule has 1 aliphatic heterocycles. The first-order valence-electron chi connectivity index (χ1n) is 10.9. The van der Waals surface area contributed by atoms with Gasteiger partial charge in [-0.2, -0.15) is 0 Å². The van der Waals surface area contributed by atoms with Gasteiger partial charge in [0.2, 0.25) is 5.91 Å². The fourth-order valence-corrected chi connectivity index (χ4v) is 4.74. The largest absolute Gasteiger partial charge is 0.497 e. The lowest BCUT2D eigenvalue weighted by Crippen LogP contribution is -2.44. The van der Waals surface area contributed by atoms with E-state index in [9.17, 15) is 4.79 Å². The number of benzene rings is 2. The van der Waals surface area contributed by atoms with Crippen molar-refractivity contribution in [2.24, 2.45) is 5.41 Å². The van der Waals surface area contributed by atoms with Gasteiger partial charge in [-0.3, -0.25) is 4.79 Å². The Labute approximate surface area is 181 Å². The molecule has 0 N–H and O–H groups in total. The third-order valence-corrected chi connectivity index (χ3v) is 6.24. The molecule has 2 aromatic carbocycles. The lowest BCUT2D eigenvalue weighted by molar-refractivity contribution is -0.131. The topological polar surface area (TPSA) is 38.8 Å². The van der Waals surface area contributed by atoms with Gasteiger partial charge in [-0.25, -0.2) is 0 Å². The predicted molar refractivity (Wildman–Crippen MR) is 121 cm³/mol. The zero-order valence-corrected chi connectivity index (χ0v) is 18.8. The van der Waals surface area contributed by atoms with Crippen LogP contribution in [0, 0.1) is 5.41 Å². The van der Waals surface area contributed by atoms with Crippen LogP contribution in [0.25, 0.3) is 0 Å². The molecule has 0 aliphatic carbocycles. The zero-order valence-electron chi connectivity index (χ0n) is 18.8. The molecule has 1 aliphatic rings. The molecule has 1 fully saturated rings. The van der Waals surface area contributed by atoms with Gasteiger partial charge in [0.15, 0.2) is 0 Å². The van der Waals surface area contributed by atoms with Gasteiger partial charge in [-0.15, -0.1) is 0 Å². The van der Waals surface area contributed by atoms with Crippen LogP contribution < -0.4 is 4.74 Å². The highest BCUT2D eigenvalue weighted by Gasteiger charge is 2.41. The SMILES string of the molecule is COc1ccc(CN(CC[C@]2(Cc3ccccc3)CCOC(C)(C)C2)C(C)=O)cc1. The minimum Gasteiger partial charge on any atom is -0.497 e. The summed E-state index contributed by atoms with van der Waals surface area (Å²) >= 11 is 0. The molecule has 0 radical (unpaired) electrons. The molecule has 2 aromatic rings. The number of hydrogen-bond acceptors (Lipinski definition) is 3. The number of carbonyl (C=O) groups excluding carboxylic acids is 1. The van der Waals surface area contributed by atoms with E-state index in [0.717, 1.165) is 50.1 Å². The fraction of sp³-hybridized carbons (Fsp3) is 0.500. The Bertz CT molecular complexity index is 816. The predicted octanol–water partition coefficient (Wildman–Crippen LogP) is 5.25. The van der Waals surface area contributed by atoms with Gasteiger partial charge in [0.05, 0.1) is 12.7 Å². The van der Waals surface area contributed by atoms with Crippen LogP contribution in [0.15, 0.2) is 54.6 Å². The maximum Gasteiger partial charge on any atom is 0.219 e. The van der Waals surface area contributed by atoms with E-state index in [4.69, 9.17) is 9.47 Å². The van der Waals surface area contributed by atoms with Crippen LogP contribution in [-0.2, 0) is 22.5 Å². The van der Waals surface area contributed by atoms with Crippen LogP contribution in [0.1, 0.15) is 51.2 Å². The number of ether oxygens (including phenoxy) is 2. The van der Waals surface area contributed by atoms with E-state index >= 15 is 0 Å². The van der Waals surface area contributed by atoms with E-state index in [-0.39, 0.29) is 16.9 Å². The maximum absolute atomic E-state index is 12.4. The average Bonchev–Trinajstić information content (AvgIpc) is 2.71. The van der Waals surface area contributed by atoms with Crippen molar-refractivity contribution in [1.82, 2.24) is 4.90 Å². The number of carbonyl (C=O) groups is 1. The second-order valence-corrected chi connectivity index (χ2v) is 9.24. The Morgan fingerprint density at radius 1 is 1.07 bits per heavy atom. The second-order valence-electron chi connectivity index (χ2n) is 9.24. The molecule has 0 bridgehead atoms. The van der Waals surface area contributed by atoms with Crippen molar-refractivity contribution in [1.29, 1.82) is 0 Å². The van der Waals surface area contributed by atoms with Gasteiger partial charge in [0.1, 0.15) is 5.75 Å². The molecule has 0 spiro atoms. The average molecular weight is 410 g/mol. The van der Waals surface area contributed by atoms with Gasteiger partial charge in [0.25, 0.3) is 0 Å². The van der Waals surface area contributed by atoms with Gasteiger partial charge < -0.3 is 14.4 Å². The molecule has 0 aromatic heterocycles. The highest BCUT2D eigenvalue weighted by atomic mass is 16.5. The quantitative estimate of drug-likeness (QED) is 0.598. The third kappa shape index (κ3) is 6.09. The normalized spacial score (nSPS) is 20.5. The first-order chi connectivity index (χ1) is 14.3. The Balaban J connectivity index is 1.74. The van der Waals surface area contributed by atoms with Crippen LogP contribution in [-0.4, -0.2) is 36.7 Å². The molecule has 1 heterocycles. The Morgan fingerprint density at radius 3 is 2.37 bits per heavy atom. The number of methoxy groups -OCH3 is 1. The Hall–Kier alpha value is -2.33. The minimum atomic E-state index is -0.135. The lowest BCUT2D eigenvalue weighted by atomic mass is 9.68. The lowest BCUT2D eigenvalue weighted by Gasteiger charge is -2.46. The first-order valence-corrected chi connectivity index (χ1v) is 10.9. The van der Waals surface area contributed by atoms with Crippen molar-refractivity contribution >= 4 is 5.91 Å². The zero-order chi connectivity index (χ0) is 21.6. The summed E-state index contributed by atoms with van der Waals surface area (Å²) in [5, 5.41) is 0. The molecule has 30 heavy (non-hydrogen) atoms.